The molecule has 1 aliphatic rings. The van der Waals surface area contributed by atoms with Crippen molar-refractivity contribution in [2.75, 3.05) is 12.3 Å². The number of nitrogen functional groups attached to an aromatic ring is 1. The highest BCUT2D eigenvalue weighted by atomic mass is 35.5. The summed E-state index contributed by atoms with van der Waals surface area (Å²) in [5.41, 5.74) is 5.20. The van der Waals surface area contributed by atoms with Crippen LogP contribution in [0.1, 0.15) is 12.6 Å². The highest BCUT2D eigenvalue weighted by molar-refractivity contribution is 6.29. The second-order valence-corrected chi connectivity index (χ2v) is 4.83. The molecule has 9 nitrogen and oxygen atoms in total. The Morgan fingerprint density at radius 3 is 2.95 bits per heavy atom. The molecule has 20 heavy (non-hydrogen) atoms. The predicted octanol–water partition coefficient (Wildman–Crippen LogP) is -1.00. The van der Waals surface area contributed by atoms with Crippen molar-refractivity contribution in [1.29, 1.82) is 0 Å². The summed E-state index contributed by atoms with van der Waals surface area (Å²) in [5, 5.41) is 18.8. The summed E-state index contributed by atoms with van der Waals surface area (Å²) in [5.74, 6) is -0.0717. The van der Waals surface area contributed by atoms with Crippen LogP contribution in [0.25, 0.3) is 11.2 Å². The fraction of sp³-hybridized carbons (Fsp3) is 0.500. The SMILES string of the molecule is Nc1nc2c(nc(Cl)n2[C@H]2CC(O)[C@@H](CO)O2)c(=O)[nH]1. The first kappa shape index (κ1) is 13.3. The molecule has 1 aliphatic heterocycles. The maximum atomic E-state index is 11.7. The van der Waals surface area contributed by atoms with Gasteiger partial charge in [0.1, 0.15) is 12.3 Å². The summed E-state index contributed by atoms with van der Waals surface area (Å²) >= 11 is 6.00. The average molecular weight is 302 g/mol. The second-order valence-electron chi connectivity index (χ2n) is 4.49. The molecular formula is C10H12ClN5O4. The smallest absolute Gasteiger partial charge is 0.280 e. The Morgan fingerprint density at radius 1 is 1.55 bits per heavy atom. The quantitative estimate of drug-likeness (QED) is 0.521. The van der Waals surface area contributed by atoms with Gasteiger partial charge in [-0.1, -0.05) is 0 Å². The van der Waals surface area contributed by atoms with E-state index in [2.05, 4.69) is 15.0 Å². The van der Waals surface area contributed by atoms with E-state index in [9.17, 15) is 9.90 Å². The standard InChI is InChI=1S/C10H12ClN5O4/c11-9-13-6-7(14-10(12)15-8(6)19)16(9)5-1-3(18)4(2-17)20-5/h3-5,17-18H,1-2H2,(H3,12,14,15,19)/t3?,4-,5-/m1/s1. The Morgan fingerprint density at radius 2 is 2.30 bits per heavy atom. The molecule has 108 valence electrons. The number of aliphatic hydroxyl groups excluding tert-OH is 2. The summed E-state index contributed by atoms with van der Waals surface area (Å²) < 4.78 is 6.86. The second kappa shape index (κ2) is 4.70. The number of H-pyrrole nitrogens is 1. The monoisotopic (exact) mass is 301 g/mol. The van der Waals surface area contributed by atoms with Crippen molar-refractivity contribution in [1.82, 2.24) is 19.5 Å². The molecule has 1 unspecified atom stereocenters. The van der Waals surface area contributed by atoms with Crippen LogP contribution in [0.4, 0.5) is 5.95 Å². The summed E-state index contributed by atoms with van der Waals surface area (Å²) in [6.45, 7) is -0.321. The van der Waals surface area contributed by atoms with Crippen LogP contribution in [-0.2, 0) is 4.74 Å². The number of nitrogens with one attached hydrogen (secondary N) is 1. The van der Waals surface area contributed by atoms with Crippen molar-refractivity contribution in [2.45, 2.75) is 24.9 Å². The van der Waals surface area contributed by atoms with Crippen LogP contribution in [-0.4, -0.2) is 48.5 Å². The normalized spacial score (nSPS) is 26.4. The molecule has 0 aliphatic carbocycles. The van der Waals surface area contributed by atoms with Crippen LogP contribution in [0.5, 0.6) is 0 Å². The van der Waals surface area contributed by atoms with Crippen molar-refractivity contribution >= 4 is 28.7 Å². The fourth-order valence-corrected chi connectivity index (χ4v) is 2.54. The lowest BCUT2D eigenvalue weighted by Crippen LogP contribution is -2.24. The number of nitrogens with two attached hydrogens (primary N) is 1. The third kappa shape index (κ3) is 1.95. The molecule has 0 saturated carbocycles. The molecule has 3 rings (SSSR count). The molecule has 0 spiro atoms. The zero-order valence-corrected chi connectivity index (χ0v) is 10.9. The molecule has 0 radical (unpaired) electrons. The highest BCUT2D eigenvalue weighted by Crippen LogP contribution is 2.33. The van der Waals surface area contributed by atoms with Gasteiger partial charge in [-0.15, -0.1) is 0 Å². The summed E-state index contributed by atoms with van der Waals surface area (Å²) in [6.07, 6.45) is -2.02. The van der Waals surface area contributed by atoms with Crippen LogP contribution in [0.2, 0.25) is 5.28 Å². The molecule has 5 N–H and O–H groups in total. The van der Waals surface area contributed by atoms with Crippen molar-refractivity contribution in [2.24, 2.45) is 0 Å². The van der Waals surface area contributed by atoms with E-state index in [4.69, 9.17) is 27.2 Å². The molecule has 3 heterocycles. The van der Waals surface area contributed by atoms with Crippen LogP contribution >= 0.6 is 11.6 Å². The number of anilines is 1. The highest BCUT2D eigenvalue weighted by Gasteiger charge is 2.36. The largest absolute Gasteiger partial charge is 0.394 e. The molecule has 3 atom stereocenters. The minimum absolute atomic E-state index is 0.000565. The Balaban J connectivity index is 2.13. The summed E-state index contributed by atoms with van der Waals surface area (Å²) in [7, 11) is 0. The van der Waals surface area contributed by atoms with Gasteiger partial charge in [0.05, 0.1) is 12.7 Å². The molecule has 2 aromatic rings. The van der Waals surface area contributed by atoms with Gasteiger partial charge < -0.3 is 20.7 Å². The van der Waals surface area contributed by atoms with Crippen LogP contribution in [0.3, 0.4) is 0 Å². The average Bonchev–Trinajstić information content (AvgIpc) is 2.89. The number of hydrogen-bond donors (Lipinski definition) is 4. The Kier molecular flexibility index (Phi) is 3.13. The van der Waals surface area contributed by atoms with Gasteiger partial charge in [0.25, 0.3) is 5.56 Å². The third-order valence-corrected chi connectivity index (χ3v) is 3.46. The molecule has 0 bridgehead atoms. The number of fused-ring (bicyclic) bond motifs is 1. The lowest BCUT2D eigenvalue weighted by molar-refractivity contribution is -0.0431. The lowest BCUT2D eigenvalue weighted by atomic mass is 10.2. The number of aliphatic hydroxyl groups is 2. The minimum atomic E-state index is -0.835. The third-order valence-electron chi connectivity index (χ3n) is 3.20. The van der Waals surface area contributed by atoms with Gasteiger partial charge in [0, 0.05) is 6.42 Å². The molecule has 0 amide bonds. The number of ether oxygens (including phenoxy) is 1. The maximum Gasteiger partial charge on any atom is 0.280 e. The van der Waals surface area contributed by atoms with Crippen molar-refractivity contribution in [3.05, 3.63) is 15.6 Å². The number of nitrogens with zero attached hydrogens (tertiary/aromatic N) is 3. The summed E-state index contributed by atoms with van der Waals surface area (Å²) in [6, 6.07) is 0. The molecule has 10 heteroatoms. The van der Waals surface area contributed by atoms with Gasteiger partial charge in [-0.25, -0.2) is 4.98 Å². The van der Waals surface area contributed by atoms with E-state index in [0.717, 1.165) is 0 Å². The number of rotatable bonds is 2. The number of halogens is 1. The van der Waals surface area contributed by atoms with Gasteiger partial charge in [0.2, 0.25) is 11.2 Å². The molecule has 0 aromatic carbocycles. The Bertz CT molecular complexity index is 713. The van der Waals surface area contributed by atoms with E-state index in [1.54, 1.807) is 0 Å². The first-order chi connectivity index (χ1) is 9.51. The van der Waals surface area contributed by atoms with Crippen molar-refractivity contribution < 1.29 is 14.9 Å². The predicted molar refractivity (Wildman–Crippen MR) is 69.2 cm³/mol. The van der Waals surface area contributed by atoms with E-state index < -0.39 is 24.0 Å². The zero-order chi connectivity index (χ0) is 14.4. The van der Waals surface area contributed by atoms with Crippen LogP contribution in [0.15, 0.2) is 4.79 Å². The Labute approximate surface area is 117 Å². The molecule has 1 fully saturated rings. The first-order valence-corrected chi connectivity index (χ1v) is 6.26. The zero-order valence-electron chi connectivity index (χ0n) is 10.2. The molecule has 1 saturated heterocycles. The number of imidazole rings is 1. The van der Waals surface area contributed by atoms with Crippen molar-refractivity contribution in [3.63, 3.8) is 0 Å². The number of hydrogen-bond acceptors (Lipinski definition) is 7. The Hall–Kier alpha value is -1.68. The summed E-state index contributed by atoms with van der Waals surface area (Å²) in [4.78, 5) is 22.0. The molecule has 2 aromatic heterocycles. The van der Waals surface area contributed by atoms with Gasteiger partial charge in [-0.3, -0.25) is 14.3 Å². The van der Waals surface area contributed by atoms with E-state index in [1.165, 1.54) is 4.57 Å². The minimum Gasteiger partial charge on any atom is -0.394 e. The van der Waals surface area contributed by atoms with E-state index in [-0.39, 0.29) is 35.4 Å². The lowest BCUT2D eigenvalue weighted by Gasteiger charge is -2.14. The first-order valence-electron chi connectivity index (χ1n) is 5.89. The van der Waals surface area contributed by atoms with Crippen molar-refractivity contribution in [3.8, 4) is 0 Å². The van der Waals surface area contributed by atoms with Crippen LogP contribution < -0.4 is 11.3 Å². The van der Waals surface area contributed by atoms with E-state index >= 15 is 0 Å². The number of aromatic nitrogens is 4. The van der Waals surface area contributed by atoms with Crippen LogP contribution in [0, 0.1) is 0 Å². The maximum absolute atomic E-state index is 11.7. The topological polar surface area (TPSA) is 139 Å². The van der Waals surface area contributed by atoms with Gasteiger partial charge in [-0.2, -0.15) is 4.98 Å². The van der Waals surface area contributed by atoms with Gasteiger partial charge >= 0.3 is 0 Å². The van der Waals surface area contributed by atoms with E-state index in [1.807, 2.05) is 0 Å². The van der Waals surface area contributed by atoms with Gasteiger partial charge in [0.15, 0.2) is 11.2 Å². The number of aromatic amines is 1. The molecular weight excluding hydrogens is 290 g/mol. The van der Waals surface area contributed by atoms with E-state index in [0.29, 0.717) is 0 Å². The van der Waals surface area contributed by atoms with Gasteiger partial charge in [-0.05, 0) is 11.6 Å². The fourth-order valence-electron chi connectivity index (χ4n) is 2.27.